The fourth-order valence-corrected chi connectivity index (χ4v) is 3.28. The van der Waals surface area contributed by atoms with Gasteiger partial charge in [0.1, 0.15) is 0 Å². The molecule has 4 nitrogen and oxygen atoms in total. The number of alkyl halides is 3. The molecule has 1 aromatic heterocycles. The number of aromatic amines is 1. The van der Waals surface area contributed by atoms with E-state index >= 15 is 0 Å². The Labute approximate surface area is 145 Å². The monoisotopic (exact) mass is 377 g/mol. The third kappa shape index (κ3) is 3.74. The first kappa shape index (κ1) is 17.3. The molecule has 0 aliphatic carbocycles. The Bertz CT molecular complexity index is 815. The highest BCUT2D eigenvalue weighted by molar-refractivity contribution is 6.34. The van der Waals surface area contributed by atoms with Crippen molar-refractivity contribution in [3.63, 3.8) is 0 Å². The largest absolute Gasteiger partial charge is 0.449 e. The first-order valence-corrected chi connectivity index (χ1v) is 7.84. The summed E-state index contributed by atoms with van der Waals surface area (Å²) >= 11 is 11.9. The quantitative estimate of drug-likeness (QED) is 0.868. The van der Waals surface area contributed by atoms with E-state index in [0.29, 0.717) is 23.1 Å². The Morgan fingerprint density at radius 2 is 1.88 bits per heavy atom. The van der Waals surface area contributed by atoms with Gasteiger partial charge in [-0.05, 0) is 23.8 Å². The number of nitrogens with one attached hydrogen (secondary N) is 1. The minimum Gasteiger partial charge on any atom is -0.303 e. The molecule has 0 amide bonds. The van der Waals surface area contributed by atoms with Crippen molar-refractivity contribution in [1.82, 2.24) is 14.9 Å². The average molecular weight is 378 g/mol. The molecule has 0 atom stereocenters. The molecule has 1 aromatic carbocycles. The van der Waals surface area contributed by atoms with E-state index in [1.807, 2.05) is 9.88 Å². The molecule has 0 radical (unpaired) electrons. The summed E-state index contributed by atoms with van der Waals surface area (Å²) < 4.78 is 38.1. The number of nitrogens with zero attached hydrogens (tertiary/aromatic N) is 2. The number of hydrogen-bond donors (Lipinski definition) is 1. The van der Waals surface area contributed by atoms with Crippen LogP contribution in [0, 0.1) is 0 Å². The molecule has 128 valence electrons. The van der Waals surface area contributed by atoms with E-state index in [-0.39, 0.29) is 24.2 Å². The molecule has 9 heteroatoms. The number of benzene rings is 1. The van der Waals surface area contributed by atoms with E-state index < -0.39 is 17.6 Å². The Morgan fingerprint density at radius 1 is 1.21 bits per heavy atom. The Balaban J connectivity index is 1.83. The summed E-state index contributed by atoms with van der Waals surface area (Å²) in [6.45, 7) is 1.20. The maximum absolute atomic E-state index is 12.7. The number of rotatable bonds is 2. The summed E-state index contributed by atoms with van der Waals surface area (Å²) in [5, 5.41) is 1.01. The molecular formula is C15H12Cl2F3N3O. The zero-order valence-corrected chi connectivity index (χ0v) is 13.8. The van der Waals surface area contributed by atoms with Gasteiger partial charge in [-0.25, -0.2) is 4.98 Å². The number of fused-ring (bicyclic) bond motifs is 1. The van der Waals surface area contributed by atoms with Crippen LogP contribution in [0.4, 0.5) is 13.2 Å². The van der Waals surface area contributed by atoms with Gasteiger partial charge >= 0.3 is 6.18 Å². The molecule has 2 aromatic rings. The molecule has 0 spiro atoms. The fraction of sp³-hybridized carbons (Fsp3) is 0.333. The third-order valence-corrected chi connectivity index (χ3v) is 4.18. The van der Waals surface area contributed by atoms with Crippen molar-refractivity contribution in [3.8, 4) is 0 Å². The lowest BCUT2D eigenvalue weighted by Gasteiger charge is -2.28. The Hall–Kier alpha value is -1.57. The zero-order valence-electron chi connectivity index (χ0n) is 12.3. The third-order valence-electron chi connectivity index (χ3n) is 3.74. The minimum atomic E-state index is -4.66. The van der Waals surface area contributed by atoms with E-state index in [1.54, 1.807) is 18.2 Å². The topological polar surface area (TPSA) is 49.0 Å². The predicted molar refractivity (Wildman–Crippen MR) is 84.1 cm³/mol. The summed E-state index contributed by atoms with van der Waals surface area (Å²) in [6, 6.07) is 5.14. The van der Waals surface area contributed by atoms with Crippen molar-refractivity contribution in [2.75, 3.05) is 6.54 Å². The molecule has 0 saturated heterocycles. The maximum Gasteiger partial charge on any atom is 0.449 e. The number of aromatic nitrogens is 2. The van der Waals surface area contributed by atoms with Crippen molar-refractivity contribution in [2.45, 2.75) is 25.7 Å². The molecular weight excluding hydrogens is 366 g/mol. The van der Waals surface area contributed by atoms with Gasteiger partial charge in [-0.1, -0.05) is 23.2 Å². The SMILES string of the molecule is O=c1[nH]c(C(F)(F)F)nc2c1CN(Cc1cc(Cl)cc(Cl)c1)CC2. The second kappa shape index (κ2) is 6.38. The van der Waals surface area contributed by atoms with E-state index in [1.165, 1.54) is 0 Å². The van der Waals surface area contributed by atoms with E-state index in [9.17, 15) is 18.0 Å². The summed E-state index contributed by atoms with van der Waals surface area (Å²) in [6.07, 6.45) is -4.39. The van der Waals surface area contributed by atoms with E-state index in [2.05, 4.69) is 4.98 Å². The molecule has 1 N–H and O–H groups in total. The van der Waals surface area contributed by atoms with Crippen LogP contribution in [0.2, 0.25) is 10.0 Å². The van der Waals surface area contributed by atoms with Gasteiger partial charge in [0.15, 0.2) is 0 Å². The van der Waals surface area contributed by atoms with Crippen LogP contribution in [0.15, 0.2) is 23.0 Å². The molecule has 1 aliphatic heterocycles. The van der Waals surface area contributed by atoms with Crippen molar-refractivity contribution >= 4 is 23.2 Å². The van der Waals surface area contributed by atoms with Crippen LogP contribution < -0.4 is 5.56 Å². The number of hydrogen-bond acceptors (Lipinski definition) is 3. The first-order valence-electron chi connectivity index (χ1n) is 7.09. The lowest BCUT2D eigenvalue weighted by Crippen LogP contribution is -2.36. The van der Waals surface area contributed by atoms with Crippen LogP contribution >= 0.6 is 23.2 Å². The molecule has 3 rings (SSSR count). The van der Waals surface area contributed by atoms with Gasteiger partial charge in [0, 0.05) is 36.1 Å². The van der Waals surface area contributed by atoms with Gasteiger partial charge in [0.2, 0.25) is 5.82 Å². The highest BCUT2D eigenvalue weighted by Gasteiger charge is 2.35. The number of H-pyrrole nitrogens is 1. The molecule has 0 bridgehead atoms. The van der Waals surface area contributed by atoms with Crippen molar-refractivity contribution in [3.05, 3.63) is 61.2 Å². The van der Waals surface area contributed by atoms with Crippen LogP contribution in [-0.4, -0.2) is 21.4 Å². The lowest BCUT2D eigenvalue weighted by molar-refractivity contribution is -0.145. The maximum atomic E-state index is 12.7. The van der Waals surface area contributed by atoms with Gasteiger partial charge in [-0.15, -0.1) is 0 Å². The lowest BCUT2D eigenvalue weighted by atomic mass is 10.1. The Morgan fingerprint density at radius 3 is 2.50 bits per heavy atom. The van der Waals surface area contributed by atoms with E-state index in [0.717, 1.165) is 5.56 Å². The van der Waals surface area contributed by atoms with Gasteiger partial charge in [0.25, 0.3) is 5.56 Å². The molecule has 1 aliphatic rings. The second-order valence-electron chi connectivity index (χ2n) is 5.58. The fourth-order valence-electron chi connectivity index (χ4n) is 2.71. The minimum absolute atomic E-state index is 0.200. The predicted octanol–water partition coefficient (Wildman–Crippen LogP) is 3.65. The Kier molecular flexibility index (Phi) is 4.59. The molecule has 0 saturated carbocycles. The van der Waals surface area contributed by atoms with Crippen LogP contribution in [0.1, 0.15) is 22.6 Å². The van der Waals surface area contributed by atoms with Gasteiger partial charge in [-0.3, -0.25) is 9.69 Å². The van der Waals surface area contributed by atoms with Crippen molar-refractivity contribution in [1.29, 1.82) is 0 Å². The molecule has 0 fully saturated rings. The summed E-state index contributed by atoms with van der Waals surface area (Å²) in [5.74, 6) is -1.25. The standard InChI is InChI=1S/C15H12Cl2F3N3O/c16-9-3-8(4-10(17)5-9)6-23-2-1-12-11(7-23)13(24)22-14(21-12)15(18,19)20/h3-5H,1-2,6-7H2,(H,21,22,24). The van der Waals surface area contributed by atoms with Gasteiger partial charge in [-0.2, -0.15) is 13.2 Å². The van der Waals surface area contributed by atoms with Crippen molar-refractivity contribution < 1.29 is 13.2 Å². The van der Waals surface area contributed by atoms with Crippen molar-refractivity contribution in [2.24, 2.45) is 0 Å². The second-order valence-corrected chi connectivity index (χ2v) is 6.45. The van der Waals surface area contributed by atoms with Gasteiger partial charge in [0.05, 0.1) is 11.3 Å². The summed E-state index contributed by atoms with van der Waals surface area (Å²) in [4.78, 5) is 19.3. The van der Waals surface area contributed by atoms with Crippen LogP contribution in [0.25, 0.3) is 0 Å². The molecule has 0 unspecified atom stereocenters. The van der Waals surface area contributed by atoms with Crippen LogP contribution in [0.3, 0.4) is 0 Å². The van der Waals surface area contributed by atoms with Crippen LogP contribution in [-0.2, 0) is 25.7 Å². The highest BCUT2D eigenvalue weighted by Crippen LogP contribution is 2.27. The zero-order chi connectivity index (χ0) is 17.5. The summed E-state index contributed by atoms with van der Waals surface area (Å²) in [5.41, 5.74) is 0.585. The normalized spacial score (nSPS) is 15.4. The number of halogens is 5. The smallest absolute Gasteiger partial charge is 0.303 e. The van der Waals surface area contributed by atoms with E-state index in [4.69, 9.17) is 23.2 Å². The molecule has 24 heavy (non-hydrogen) atoms. The highest BCUT2D eigenvalue weighted by atomic mass is 35.5. The summed E-state index contributed by atoms with van der Waals surface area (Å²) in [7, 11) is 0. The van der Waals surface area contributed by atoms with Crippen LogP contribution in [0.5, 0.6) is 0 Å². The first-order chi connectivity index (χ1) is 11.2. The average Bonchev–Trinajstić information content (AvgIpc) is 2.45. The molecule has 2 heterocycles. The van der Waals surface area contributed by atoms with Gasteiger partial charge < -0.3 is 4.98 Å².